The number of ether oxygens (including phenoxy) is 1. The second-order valence-corrected chi connectivity index (χ2v) is 6.80. The fraction of sp³-hybridized carbons (Fsp3) is 0.941. The summed E-state index contributed by atoms with van der Waals surface area (Å²) < 4.78 is 5.24. The van der Waals surface area contributed by atoms with E-state index in [0.29, 0.717) is 12.5 Å². The first-order chi connectivity index (χ1) is 10.7. The van der Waals surface area contributed by atoms with Crippen LogP contribution in [-0.4, -0.2) is 73.4 Å². The molecule has 1 aliphatic heterocycles. The van der Waals surface area contributed by atoms with Crippen LogP contribution in [0.4, 0.5) is 0 Å². The van der Waals surface area contributed by atoms with Crippen molar-refractivity contribution in [2.45, 2.75) is 51.5 Å². The van der Waals surface area contributed by atoms with E-state index in [1.165, 1.54) is 0 Å². The molecule has 1 amide bonds. The Balaban J connectivity index is 1.93. The lowest BCUT2D eigenvalue weighted by molar-refractivity contribution is -0.145. The standard InChI is InChI=1S/C17H32N2O3/c1-3-15(14-20)18-9-11-19(12-10-18)16(21)17(8-13-22-2)6-4-5-7-17/h15,20H,3-14H2,1-2H3. The van der Waals surface area contributed by atoms with Gasteiger partial charge in [0.1, 0.15) is 0 Å². The summed E-state index contributed by atoms with van der Waals surface area (Å²) in [6.07, 6.45) is 6.18. The molecule has 5 heteroatoms. The molecule has 128 valence electrons. The van der Waals surface area contributed by atoms with Crippen LogP contribution >= 0.6 is 0 Å². The Kier molecular flexibility index (Phi) is 6.66. The number of rotatable bonds is 7. The lowest BCUT2D eigenvalue weighted by Gasteiger charge is -2.42. The van der Waals surface area contributed by atoms with E-state index in [2.05, 4.69) is 16.7 Å². The maximum Gasteiger partial charge on any atom is 0.228 e. The number of aliphatic hydroxyl groups is 1. The first-order valence-corrected chi connectivity index (χ1v) is 8.80. The lowest BCUT2D eigenvalue weighted by Crippen LogP contribution is -2.55. The second kappa shape index (κ2) is 8.27. The van der Waals surface area contributed by atoms with Gasteiger partial charge in [0.2, 0.25) is 5.91 Å². The second-order valence-electron chi connectivity index (χ2n) is 6.80. The summed E-state index contributed by atoms with van der Waals surface area (Å²) in [6.45, 7) is 6.34. The highest BCUT2D eigenvalue weighted by molar-refractivity contribution is 5.83. The Morgan fingerprint density at radius 1 is 1.23 bits per heavy atom. The molecule has 2 fully saturated rings. The van der Waals surface area contributed by atoms with E-state index in [-0.39, 0.29) is 18.1 Å². The highest BCUT2D eigenvalue weighted by Crippen LogP contribution is 2.42. The van der Waals surface area contributed by atoms with Crippen molar-refractivity contribution in [3.05, 3.63) is 0 Å². The third-order valence-corrected chi connectivity index (χ3v) is 5.60. The van der Waals surface area contributed by atoms with Gasteiger partial charge in [-0.2, -0.15) is 0 Å². The first kappa shape index (κ1) is 17.7. The summed E-state index contributed by atoms with van der Waals surface area (Å²) in [5, 5.41) is 9.43. The van der Waals surface area contributed by atoms with Gasteiger partial charge in [-0.1, -0.05) is 19.8 Å². The van der Waals surface area contributed by atoms with Crippen LogP contribution in [0.3, 0.4) is 0 Å². The van der Waals surface area contributed by atoms with Gasteiger partial charge in [0.25, 0.3) is 0 Å². The van der Waals surface area contributed by atoms with Gasteiger partial charge in [0.15, 0.2) is 0 Å². The molecule has 2 aliphatic rings. The van der Waals surface area contributed by atoms with E-state index >= 15 is 0 Å². The van der Waals surface area contributed by atoms with E-state index in [1.807, 2.05) is 0 Å². The van der Waals surface area contributed by atoms with Gasteiger partial charge in [-0.25, -0.2) is 0 Å². The smallest absolute Gasteiger partial charge is 0.228 e. The Labute approximate surface area is 134 Å². The van der Waals surface area contributed by atoms with Crippen LogP contribution in [0.15, 0.2) is 0 Å². The molecule has 1 atom stereocenters. The van der Waals surface area contributed by atoms with Crippen LogP contribution in [0, 0.1) is 5.41 Å². The highest BCUT2D eigenvalue weighted by Gasteiger charge is 2.43. The van der Waals surface area contributed by atoms with Crippen LogP contribution < -0.4 is 0 Å². The number of hydrogen-bond acceptors (Lipinski definition) is 4. The molecule has 1 saturated heterocycles. The molecule has 1 unspecified atom stereocenters. The van der Waals surface area contributed by atoms with E-state index < -0.39 is 0 Å². The number of piperazine rings is 1. The third-order valence-electron chi connectivity index (χ3n) is 5.60. The number of amides is 1. The fourth-order valence-electron chi connectivity index (χ4n) is 4.05. The average molecular weight is 312 g/mol. The summed E-state index contributed by atoms with van der Waals surface area (Å²) in [6, 6.07) is 0.242. The molecular formula is C17H32N2O3. The number of nitrogens with zero attached hydrogens (tertiary/aromatic N) is 2. The van der Waals surface area contributed by atoms with E-state index in [0.717, 1.165) is 64.7 Å². The molecule has 1 heterocycles. The number of methoxy groups -OCH3 is 1. The average Bonchev–Trinajstić information content (AvgIpc) is 3.04. The molecule has 0 aromatic rings. The zero-order chi connectivity index (χ0) is 16.0. The summed E-state index contributed by atoms with van der Waals surface area (Å²) >= 11 is 0. The summed E-state index contributed by atoms with van der Waals surface area (Å²) in [7, 11) is 1.71. The van der Waals surface area contributed by atoms with Crippen LogP contribution in [0.25, 0.3) is 0 Å². The van der Waals surface area contributed by atoms with Crippen molar-refractivity contribution in [3.8, 4) is 0 Å². The maximum atomic E-state index is 13.0. The van der Waals surface area contributed by atoms with Crippen molar-refractivity contribution in [3.63, 3.8) is 0 Å². The zero-order valence-electron chi connectivity index (χ0n) is 14.2. The van der Waals surface area contributed by atoms with E-state index in [4.69, 9.17) is 4.74 Å². The molecule has 5 nitrogen and oxygen atoms in total. The van der Waals surface area contributed by atoms with Crippen molar-refractivity contribution < 1.29 is 14.6 Å². The number of carbonyl (C=O) groups excluding carboxylic acids is 1. The van der Waals surface area contributed by atoms with Crippen molar-refractivity contribution >= 4 is 5.91 Å². The molecule has 0 spiro atoms. The predicted molar refractivity (Wildman–Crippen MR) is 86.7 cm³/mol. The number of aliphatic hydroxyl groups excluding tert-OH is 1. The van der Waals surface area contributed by atoms with Crippen molar-refractivity contribution in [1.29, 1.82) is 0 Å². The van der Waals surface area contributed by atoms with E-state index in [1.54, 1.807) is 7.11 Å². The van der Waals surface area contributed by atoms with Gasteiger partial charge in [-0.05, 0) is 25.7 Å². The molecule has 2 rings (SSSR count). The quantitative estimate of drug-likeness (QED) is 0.774. The Morgan fingerprint density at radius 2 is 1.86 bits per heavy atom. The minimum atomic E-state index is -0.167. The largest absolute Gasteiger partial charge is 0.395 e. The minimum Gasteiger partial charge on any atom is -0.395 e. The molecule has 0 aromatic heterocycles. The zero-order valence-corrected chi connectivity index (χ0v) is 14.2. The lowest BCUT2D eigenvalue weighted by atomic mass is 9.81. The topological polar surface area (TPSA) is 53.0 Å². The van der Waals surface area contributed by atoms with Crippen molar-refractivity contribution in [1.82, 2.24) is 9.80 Å². The number of hydrogen-bond donors (Lipinski definition) is 1. The van der Waals surface area contributed by atoms with Gasteiger partial charge in [-0.15, -0.1) is 0 Å². The molecule has 1 N–H and O–H groups in total. The van der Waals surface area contributed by atoms with Gasteiger partial charge in [0, 0.05) is 45.9 Å². The summed E-state index contributed by atoms with van der Waals surface area (Å²) in [5.41, 5.74) is -0.167. The maximum absolute atomic E-state index is 13.0. The van der Waals surface area contributed by atoms with Crippen LogP contribution in [0.2, 0.25) is 0 Å². The normalized spacial score (nSPS) is 23.7. The van der Waals surface area contributed by atoms with Gasteiger partial charge in [0.05, 0.1) is 12.0 Å². The third kappa shape index (κ3) is 3.81. The highest BCUT2D eigenvalue weighted by atomic mass is 16.5. The number of carbonyl (C=O) groups is 1. The van der Waals surface area contributed by atoms with Crippen molar-refractivity contribution in [2.24, 2.45) is 5.41 Å². The van der Waals surface area contributed by atoms with E-state index in [9.17, 15) is 9.90 Å². The van der Waals surface area contributed by atoms with Crippen LogP contribution in [-0.2, 0) is 9.53 Å². The van der Waals surface area contributed by atoms with Crippen LogP contribution in [0.1, 0.15) is 45.4 Å². The summed E-state index contributed by atoms with van der Waals surface area (Å²) in [4.78, 5) is 17.4. The molecule has 0 bridgehead atoms. The SMILES string of the molecule is CCC(CO)N1CCN(C(=O)C2(CCOC)CCCC2)CC1. The Morgan fingerprint density at radius 3 is 2.36 bits per heavy atom. The van der Waals surface area contributed by atoms with Gasteiger partial charge < -0.3 is 14.7 Å². The molecular weight excluding hydrogens is 280 g/mol. The molecule has 1 saturated carbocycles. The first-order valence-electron chi connectivity index (χ1n) is 8.80. The predicted octanol–water partition coefficient (Wildman–Crippen LogP) is 1.50. The molecule has 0 radical (unpaired) electrons. The van der Waals surface area contributed by atoms with Crippen molar-refractivity contribution in [2.75, 3.05) is 46.5 Å². The molecule has 0 aromatic carbocycles. The molecule has 22 heavy (non-hydrogen) atoms. The Hall–Kier alpha value is -0.650. The van der Waals surface area contributed by atoms with Crippen LogP contribution in [0.5, 0.6) is 0 Å². The van der Waals surface area contributed by atoms with Gasteiger partial charge >= 0.3 is 0 Å². The van der Waals surface area contributed by atoms with Gasteiger partial charge in [-0.3, -0.25) is 9.69 Å². The fourth-order valence-corrected chi connectivity index (χ4v) is 4.05. The molecule has 1 aliphatic carbocycles. The Bertz CT molecular complexity index is 344. The summed E-state index contributed by atoms with van der Waals surface area (Å²) in [5.74, 6) is 0.346. The minimum absolute atomic E-state index is 0.167. The monoisotopic (exact) mass is 312 g/mol.